The fraction of sp³-hybridized carbons (Fsp3) is 0.143. The molecule has 0 atom stereocenters. The van der Waals surface area contributed by atoms with Crippen molar-refractivity contribution in [2.45, 2.75) is 11.8 Å². The molecule has 0 saturated carbocycles. The van der Waals surface area contributed by atoms with Gasteiger partial charge in [0, 0.05) is 11.8 Å². The molecule has 0 saturated heterocycles. The third-order valence-electron chi connectivity index (χ3n) is 2.55. The van der Waals surface area contributed by atoms with Crippen LogP contribution in [0.2, 0.25) is 0 Å². The van der Waals surface area contributed by atoms with Crippen LogP contribution in [0.4, 0.5) is 0 Å². The molecule has 0 unspecified atom stereocenters. The molecule has 0 aliphatic rings. The van der Waals surface area contributed by atoms with Gasteiger partial charge in [-0.2, -0.15) is 0 Å². The molecule has 16 heavy (non-hydrogen) atoms. The molecular weight excluding hydrogens is 239 g/mol. The first-order valence-corrected chi connectivity index (χ1v) is 6.21. The van der Waals surface area contributed by atoms with E-state index in [9.17, 15) is 0 Å². The monoisotopic (exact) mass is 250 g/mol. The van der Waals surface area contributed by atoms with E-state index in [1.54, 1.807) is 0 Å². The summed E-state index contributed by atoms with van der Waals surface area (Å²) in [6.45, 7) is 0. The summed E-state index contributed by atoms with van der Waals surface area (Å²) in [4.78, 5) is 0. The standard InChI is InChI=1S/C14H12Cl2/c15-9-11-6-7-14(13(8-11)10-16)12-4-2-1-3-5-12/h1-8H,9-10H2. The fourth-order valence-electron chi connectivity index (χ4n) is 1.74. The second-order valence-corrected chi connectivity index (χ2v) is 4.16. The smallest absolute Gasteiger partial charge is 0.0480 e. The number of hydrogen-bond donors (Lipinski definition) is 0. The Morgan fingerprint density at radius 1 is 0.812 bits per heavy atom. The molecule has 2 aromatic carbocycles. The highest BCUT2D eigenvalue weighted by atomic mass is 35.5. The maximum Gasteiger partial charge on any atom is 0.0480 e. The van der Waals surface area contributed by atoms with Gasteiger partial charge in [0.15, 0.2) is 0 Å². The maximum absolute atomic E-state index is 5.97. The van der Waals surface area contributed by atoms with Crippen molar-refractivity contribution >= 4 is 23.2 Å². The summed E-state index contributed by atoms with van der Waals surface area (Å²) in [5.41, 5.74) is 4.62. The zero-order valence-electron chi connectivity index (χ0n) is 8.79. The van der Waals surface area contributed by atoms with E-state index in [0.29, 0.717) is 11.8 Å². The zero-order valence-corrected chi connectivity index (χ0v) is 10.3. The summed E-state index contributed by atoms with van der Waals surface area (Å²) in [5.74, 6) is 1.04. The molecule has 0 aromatic heterocycles. The summed E-state index contributed by atoms with van der Waals surface area (Å²) < 4.78 is 0. The minimum atomic E-state index is 0.509. The highest BCUT2D eigenvalue weighted by molar-refractivity contribution is 6.18. The molecular formula is C14H12Cl2. The normalized spacial score (nSPS) is 10.4. The Kier molecular flexibility index (Phi) is 3.87. The van der Waals surface area contributed by atoms with Crippen molar-refractivity contribution in [3.05, 3.63) is 59.7 Å². The van der Waals surface area contributed by atoms with Crippen LogP contribution in [0.3, 0.4) is 0 Å². The van der Waals surface area contributed by atoms with E-state index in [4.69, 9.17) is 23.2 Å². The van der Waals surface area contributed by atoms with E-state index in [1.807, 2.05) is 24.3 Å². The third kappa shape index (κ3) is 2.40. The predicted octanol–water partition coefficient (Wildman–Crippen LogP) is 4.83. The fourth-order valence-corrected chi connectivity index (χ4v) is 2.13. The van der Waals surface area contributed by atoms with Gasteiger partial charge in [-0.05, 0) is 22.3 Å². The van der Waals surface area contributed by atoms with Gasteiger partial charge in [-0.3, -0.25) is 0 Å². The van der Waals surface area contributed by atoms with Gasteiger partial charge in [0.25, 0.3) is 0 Å². The van der Waals surface area contributed by atoms with Gasteiger partial charge in [-0.25, -0.2) is 0 Å². The van der Waals surface area contributed by atoms with Crippen LogP contribution in [0.5, 0.6) is 0 Å². The van der Waals surface area contributed by atoms with E-state index in [1.165, 1.54) is 11.1 Å². The van der Waals surface area contributed by atoms with Gasteiger partial charge in [0.05, 0.1) is 0 Å². The van der Waals surface area contributed by atoms with Crippen molar-refractivity contribution in [1.82, 2.24) is 0 Å². The average Bonchev–Trinajstić information content (AvgIpc) is 2.39. The highest BCUT2D eigenvalue weighted by Gasteiger charge is 2.04. The van der Waals surface area contributed by atoms with Crippen molar-refractivity contribution in [2.75, 3.05) is 0 Å². The van der Waals surface area contributed by atoms with E-state index in [-0.39, 0.29) is 0 Å². The molecule has 2 heteroatoms. The van der Waals surface area contributed by atoms with Crippen LogP contribution in [0.1, 0.15) is 11.1 Å². The second-order valence-electron chi connectivity index (χ2n) is 3.62. The molecule has 0 aliphatic carbocycles. The minimum Gasteiger partial charge on any atom is -0.122 e. The Morgan fingerprint density at radius 3 is 2.19 bits per heavy atom. The Bertz CT molecular complexity index is 463. The molecule has 0 aliphatic heterocycles. The molecule has 0 nitrogen and oxygen atoms in total. The lowest BCUT2D eigenvalue weighted by Crippen LogP contribution is -1.89. The quantitative estimate of drug-likeness (QED) is 0.685. The van der Waals surface area contributed by atoms with Gasteiger partial charge < -0.3 is 0 Å². The van der Waals surface area contributed by atoms with Crippen molar-refractivity contribution in [3.8, 4) is 11.1 Å². The van der Waals surface area contributed by atoms with Crippen LogP contribution >= 0.6 is 23.2 Å². The molecule has 0 radical (unpaired) electrons. The Balaban J connectivity index is 2.49. The van der Waals surface area contributed by atoms with Crippen LogP contribution in [-0.2, 0) is 11.8 Å². The molecule has 0 N–H and O–H groups in total. The van der Waals surface area contributed by atoms with Crippen LogP contribution in [0, 0.1) is 0 Å². The number of hydrogen-bond acceptors (Lipinski definition) is 0. The van der Waals surface area contributed by atoms with Gasteiger partial charge in [-0.1, -0.05) is 48.5 Å². The highest BCUT2D eigenvalue weighted by Crippen LogP contribution is 2.26. The van der Waals surface area contributed by atoms with Crippen LogP contribution in [0.15, 0.2) is 48.5 Å². The molecule has 82 valence electrons. The number of halogens is 2. The topological polar surface area (TPSA) is 0 Å². The summed E-state index contributed by atoms with van der Waals surface area (Å²) in [7, 11) is 0. The summed E-state index contributed by atoms with van der Waals surface area (Å²) >= 11 is 11.8. The lowest BCUT2D eigenvalue weighted by Gasteiger charge is -2.08. The zero-order chi connectivity index (χ0) is 11.4. The lowest BCUT2D eigenvalue weighted by molar-refractivity contribution is 1.32. The van der Waals surface area contributed by atoms with E-state index in [2.05, 4.69) is 24.3 Å². The van der Waals surface area contributed by atoms with E-state index >= 15 is 0 Å². The molecule has 0 amide bonds. The van der Waals surface area contributed by atoms with Crippen molar-refractivity contribution in [1.29, 1.82) is 0 Å². The minimum absolute atomic E-state index is 0.509. The predicted molar refractivity (Wildman–Crippen MR) is 71.0 cm³/mol. The van der Waals surface area contributed by atoms with Crippen molar-refractivity contribution in [3.63, 3.8) is 0 Å². The Hall–Kier alpha value is -0.980. The number of alkyl halides is 2. The molecule has 2 rings (SSSR count). The SMILES string of the molecule is ClCc1ccc(-c2ccccc2)c(CCl)c1. The first-order chi connectivity index (χ1) is 7.85. The number of rotatable bonds is 3. The number of benzene rings is 2. The Labute approximate surface area is 106 Å². The molecule has 0 fully saturated rings. The van der Waals surface area contributed by atoms with Crippen LogP contribution in [-0.4, -0.2) is 0 Å². The van der Waals surface area contributed by atoms with Gasteiger partial charge in [0.2, 0.25) is 0 Å². The average molecular weight is 251 g/mol. The van der Waals surface area contributed by atoms with Gasteiger partial charge >= 0.3 is 0 Å². The Morgan fingerprint density at radius 2 is 1.56 bits per heavy atom. The second kappa shape index (κ2) is 5.38. The van der Waals surface area contributed by atoms with Crippen molar-refractivity contribution in [2.24, 2.45) is 0 Å². The summed E-state index contributed by atoms with van der Waals surface area (Å²) in [5, 5.41) is 0. The largest absolute Gasteiger partial charge is 0.122 e. The van der Waals surface area contributed by atoms with Gasteiger partial charge in [0.1, 0.15) is 0 Å². The maximum atomic E-state index is 5.97. The molecule has 0 heterocycles. The summed E-state index contributed by atoms with van der Waals surface area (Å²) in [6.07, 6.45) is 0. The van der Waals surface area contributed by atoms with Crippen LogP contribution < -0.4 is 0 Å². The van der Waals surface area contributed by atoms with Crippen molar-refractivity contribution < 1.29 is 0 Å². The first-order valence-electron chi connectivity index (χ1n) is 5.14. The lowest BCUT2D eigenvalue weighted by atomic mass is 9.99. The van der Waals surface area contributed by atoms with E-state index < -0.39 is 0 Å². The third-order valence-corrected chi connectivity index (χ3v) is 3.15. The summed E-state index contributed by atoms with van der Waals surface area (Å²) in [6, 6.07) is 16.5. The van der Waals surface area contributed by atoms with E-state index in [0.717, 1.165) is 11.1 Å². The molecule has 0 spiro atoms. The first kappa shape index (κ1) is 11.5. The molecule has 0 bridgehead atoms. The molecule has 2 aromatic rings. The van der Waals surface area contributed by atoms with Gasteiger partial charge in [-0.15, -0.1) is 23.2 Å². The van der Waals surface area contributed by atoms with Crippen LogP contribution in [0.25, 0.3) is 11.1 Å².